The summed E-state index contributed by atoms with van der Waals surface area (Å²) in [4.78, 5) is 14.2. The van der Waals surface area contributed by atoms with E-state index >= 15 is 0 Å². The van der Waals surface area contributed by atoms with Crippen molar-refractivity contribution in [1.82, 2.24) is 4.90 Å². The lowest BCUT2D eigenvalue weighted by molar-refractivity contribution is 0.0652. The van der Waals surface area contributed by atoms with Crippen LogP contribution in [-0.4, -0.2) is 30.4 Å². The van der Waals surface area contributed by atoms with Crippen LogP contribution in [0.1, 0.15) is 42.1 Å². The van der Waals surface area contributed by atoms with Gasteiger partial charge in [0.15, 0.2) is 0 Å². The normalized spacial score (nSPS) is 15.1. The van der Waals surface area contributed by atoms with E-state index in [1.165, 1.54) is 6.42 Å². The Hall–Kier alpha value is -1.51. The third-order valence-corrected chi connectivity index (χ3v) is 3.78. The van der Waals surface area contributed by atoms with Crippen molar-refractivity contribution in [3.05, 3.63) is 29.3 Å². The average Bonchev–Trinajstić information content (AvgIpc) is 2.28. The molecule has 1 N–H and O–H groups in total. The molecule has 1 aromatic rings. The maximum Gasteiger partial charge on any atom is 0.253 e. The summed E-state index contributed by atoms with van der Waals surface area (Å²) >= 11 is 0. The maximum atomic E-state index is 12.3. The van der Waals surface area contributed by atoms with E-state index in [1.807, 2.05) is 37.1 Å². The molecule has 0 saturated heterocycles. The predicted octanol–water partition coefficient (Wildman–Crippen LogP) is 3.05. The molecule has 1 aromatic carbocycles. The van der Waals surface area contributed by atoms with Crippen LogP contribution in [0.5, 0.6) is 0 Å². The van der Waals surface area contributed by atoms with Crippen molar-refractivity contribution in [1.29, 1.82) is 0 Å². The van der Waals surface area contributed by atoms with Gasteiger partial charge in [-0.25, -0.2) is 0 Å². The van der Waals surface area contributed by atoms with Gasteiger partial charge in [0.05, 0.1) is 0 Å². The molecule has 0 atom stereocenters. The second-order valence-electron chi connectivity index (χ2n) is 5.06. The van der Waals surface area contributed by atoms with Gasteiger partial charge >= 0.3 is 0 Å². The van der Waals surface area contributed by atoms with Gasteiger partial charge in [-0.05, 0) is 56.9 Å². The first kappa shape index (κ1) is 12.9. The number of benzene rings is 1. The third-order valence-electron chi connectivity index (χ3n) is 3.78. The van der Waals surface area contributed by atoms with E-state index in [4.69, 9.17) is 0 Å². The molecule has 0 aliphatic heterocycles. The SMILES string of the molecule is CCNc1ccc(C(=O)N(C)C2CCC2)cc1C. The Morgan fingerprint density at radius 3 is 2.67 bits per heavy atom. The zero-order chi connectivity index (χ0) is 13.1. The van der Waals surface area contributed by atoms with Gasteiger partial charge in [-0.2, -0.15) is 0 Å². The first-order valence-electron chi connectivity index (χ1n) is 6.75. The Morgan fingerprint density at radius 1 is 1.44 bits per heavy atom. The quantitative estimate of drug-likeness (QED) is 0.885. The van der Waals surface area contributed by atoms with Crippen molar-refractivity contribution in [2.75, 3.05) is 18.9 Å². The molecule has 1 amide bonds. The number of hydrogen-bond donors (Lipinski definition) is 1. The van der Waals surface area contributed by atoms with Gasteiger partial charge in [0, 0.05) is 30.9 Å². The number of carbonyl (C=O) groups excluding carboxylic acids is 1. The first-order chi connectivity index (χ1) is 8.63. The molecule has 1 fully saturated rings. The summed E-state index contributed by atoms with van der Waals surface area (Å²) < 4.78 is 0. The molecule has 1 aliphatic rings. The first-order valence-corrected chi connectivity index (χ1v) is 6.75. The Labute approximate surface area is 109 Å². The second kappa shape index (κ2) is 5.42. The summed E-state index contributed by atoms with van der Waals surface area (Å²) in [6.45, 7) is 5.01. The fraction of sp³-hybridized carbons (Fsp3) is 0.533. The monoisotopic (exact) mass is 246 g/mol. The fourth-order valence-corrected chi connectivity index (χ4v) is 2.33. The Morgan fingerprint density at radius 2 is 2.17 bits per heavy atom. The van der Waals surface area contributed by atoms with Crippen LogP contribution in [0.4, 0.5) is 5.69 Å². The standard InChI is InChI=1S/C15H22N2O/c1-4-16-14-9-8-12(10-11(14)2)15(18)17(3)13-6-5-7-13/h8-10,13,16H,4-7H2,1-3H3. The van der Waals surface area contributed by atoms with Crippen LogP contribution in [-0.2, 0) is 0 Å². The molecule has 0 spiro atoms. The molecule has 3 nitrogen and oxygen atoms in total. The minimum Gasteiger partial charge on any atom is -0.385 e. The number of nitrogens with one attached hydrogen (secondary N) is 1. The minimum absolute atomic E-state index is 0.144. The van der Waals surface area contributed by atoms with Crippen LogP contribution < -0.4 is 5.32 Å². The highest BCUT2D eigenvalue weighted by atomic mass is 16.2. The molecule has 3 heteroatoms. The largest absolute Gasteiger partial charge is 0.385 e. The van der Waals surface area contributed by atoms with Crippen LogP contribution in [0.3, 0.4) is 0 Å². The number of nitrogens with zero attached hydrogens (tertiary/aromatic N) is 1. The van der Waals surface area contributed by atoms with Crippen molar-refractivity contribution in [3.63, 3.8) is 0 Å². The molecule has 18 heavy (non-hydrogen) atoms. The Bertz CT molecular complexity index is 438. The van der Waals surface area contributed by atoms with Crippen molar-refractivity contribution in [3.8, 4) is 0 Å². The van der Waals surface area contributed by atoms with Crippen LogP contribution in [0, 0.1) is 6.92 Å². The predicted molar refractivity (Wildman–Crippen MR) is 75.1 cm³/mol. The van der Waals surface area contributed by atoms with Crippen LogP contribution in [0.15, 0.2) is 18.2 Å². The summed E-state index contributed by atoms with van der Waals surface area (Å²) in [5.41, 5.74) is 3.04. The topological polar surface area (TPSA) is 32.3 Å². The lowest BCUT2D eigenvalue weighted by Crippen LogP contribution is -2.41. The summed E-state index contributed by atoms with van der Waals surface area (Å²) in [7, 11) is 1.92. The van der Waals surface area contributed by atoms with Gasteiger partial charge in [0.2, 0.25) is 0 Å². The van der Waals surface area contributed by atoms with E-state index in [-0.39, 0.29) is 5.91 Å². The van der Waals surface area contributed by atoms with Gasteiger partial charge in [0.25, 0.3) is 5.91 Å². The number of aryl methyl sites for hydroxylation is 1. The highest BCUT2D eigenvalue weighted by molar-refractivity contribution is 5.95. The lowest BCUT2D eigenvalue weighted by Gasteiger charge is -2.34. The zero-order valence-electron chi connectivity index (χ0n) is 11.5. The van der Waals surface area contributed by atoms with E-state index in [2.05, 4.69) is 12.2 Å². The van der Waals surface area contributed by atoms with Crippen molar-refractivity contribution in [2.45, 2.75) is 39.2 Å². The van der Waals surface area contributed by atoms with Crippen molar-refractivity contribution < 1.29 is 4.79 Å². The van der Waals surface area contributed by atoms with Crippen LogP contribution in [0.2, 0.25) is 0 Å². The minimum atomic E-state index is 0.144. The van der Waals surface area contributed by atoms with Crippen molar-refractivity contribution >= 4 is 11.6 Å². The van der Waals surface area contributed by atoms with Crippen molar-refractivity contribution in [2.24, 2.45) is 0 Å². The summed E-state index contributed by atoms with van der Waals surface area (Å²) in [6, 6.07) is 6.35. The van der Waals surface area contributed by atoms with Crippen LogP contribution in [0.25, 0.3) is 0 Å². The lowest BCUT2D eigenvalue weighted by atomic mass is 9.91. The third kappa shape index (κ3) is 2.50. The summed E-state index contributed by atoms with van der Waals surface area (Å²) in [5, 5.41) is 3.29. The summed E-state index contributed by atoms with van der Waals surface area (Å²) in [6.07, 6.45) is 3.55. The smallest absolute Gasteiger partial charge is 0.253 e. The van der Waals surface area contributed by atoms with E-state index in [9.17, 15) is 4.79 Å². The molecular formula is C15H22N2O. The van der Waals surface area contributed by atoms with Gasteiger partial charge in [0.1, 0.15) is 0 Å². The molecule has 0 bridgehead atoms. The van der Waals surface area contributed by atoms with Gasteiger partial charge in [-0.3, -0.25) is 4.79 Å². The molecule has 0 radical (unpaired) electrons. The van der Waals surface area contributed by atoms with Crippen LogP contribution >= 0.6 is 0 Å². The maximum absolute atomic E-state index is 12.3. The number of carbonyl (C=O) groups is 1. The highest BCUT2D eigenvalue weighted by Crippen LogP contribution is 2.25. The molecule has 0 aromatic heterocycles. The van der Waals surface area contributed by atoms with E-state index in [0.717, 1.165) is 36.2 Å². The molecule has 1 saturated carbocycles. The second-order valence-corrected chi connectivity index (χ2v) is 5.06. The molecule has 98 valence electrons. The van der Waals surface area contributed by atoms with Gasteiger partial charge in [-0.15, -0.1) is 0 Å². The zero-order valence-corrected chi connectivity index (χ0v) is 11.5. The van der Waals surface area contributed by atoms with Gasteiger partial charge in [-0.1, -0.05) is 0 Å². The number of amides is 1. The number of hydrogen-bond acceptors (Lipinski definition) is 2. The molecule has 0 unspecified atom stereocenters. The van der Waals surface area contributed by atoms with Gasteiger partial charge < -0.3 is 10.2 Å². The molecular weight excluding hydrogens is 224 g/mol. The molecule has 2 rings (SSSR count). The van der Waals surface area contributed by atoms with E-state index < -0.39 is 0 Å². The Balaban J connectivity index is 2.12. The molecule has 1 aliphatic carbocycles. The Kier molecular flexibility index (Phi) is 3.90. The fourth-order valence-electron chi connectivity index (χ4n) is 2.33. The van der Waals surface area contributed by atoms with E-state index in [1.54, 1.807) is 0 Å². The average molecular weight is 246 g/mol. The molecule has 0 heterocycles. The summed E-state index contributed by atoms with van der Waals surface area (Å²) in [5.74, 6) is 0.144. The van der Waals surface area contributed by atoms with E-state index in [0.29, 0.717) is 6.04 Å². The number of anilines is 1. The highest BCUT2D eigenvalue weighted by Gasteiger charge is 2.26. The number of rotatable bonds is 4.